The van der Waals surface area contributed by atoms with Gasteiger partial charge in [-0.25, -0.2) is 4.39 Å². The summed E-state index contributed by atoms with van der Waals surface area (Å²) in [6.45, 7) is 4.03. The Hall–Kier alpha value is -1.89. The number of halogens is 1. The van der Waals surface area contributed by atoms with E-state index in [1.165, 1.54) is 24.2 Å². The summed E-state index contributed by atoms with van der Waals surface area (Å²) in [6, 6.07) is 7.08. The van der Waals surface area contributed by atoms with E-state index < -0.39 is 0 Å². The number of aromatic nitrogens is 3. The first-order valence-electron chi connectivity index (χ1n) is 9.72. The third kappa shape index (κ3) is 4.89. The lowest BCUT2D eigenvalue weighted by atomic mass is 9.95. The fourth-order valence-electron chi connectivity index (χ4n) is 3.42. The summed E-state index contributed by atoms with van der Waals surface area (Å²) in [7, 11) is 0. The molecule has 3 rings (SSSR count). The third-order valence-electron chi connectivity index (χ3n) is 5.07. The molecule has 1 aromatic heterocycles. The zero-order chi connectivity index (χ0) is 19.2. The van der Waals surface area contributed by atoms with Crippen molar-refractivity contribution < 1.29 is 9.18 Å². The summed E-state index contributed by atoms with van der Waals surface area (Å²) in [5.41, 5.74) is 0.464. The van der Waals surface area contributed by atoms with Crippen LogP contribution in [0.25, 0.3) is 11.4 Å². The largest absolute Gasteiger partial charge is 0.353 e. The van der Waals surface area contributed by atoms with Gasteiger partial charge in [0.2, 0.25) is 5.91 Å². The van der Waals surface area contributed by atoms with Gasteiger partial charge in [-0.3, -0.25) is 9.36 Å². The van der Waals surface area contributed by atoms with Crippen molar-refractivity contribution in [3.05, 3.63) is 30.1 Å². The zero-order valence-electron chi connectivity index (χ0n) is 15.9. The van der Waals surface area contributed by atoms with Crippen molar-refractivity contribution in [3.63, 3.8) is 0 Å². The minimum Gasteiger partial charge on any atom is -0.353 e. The van der Waals surface area contributed by atoms with Crippen LogP contribution in [0.4, 0.5) is 4.39 Å². The van der Waals surface area contributed by atoms with E-state index in [9.17, 15) is 9.18 Å². The second-order valence-electron chi connectivity index (χ2n) is 7.11. The van der Waals surface area contributed by atoms with Crippen LogP contribution in [-0.2, 0) is 4.79 Å². The summed E-state index contributed by atoms with van der Waals surface area (Å²) in [4.78, 5) is 12.2. The molecule has 1 N–H and O–H groups in total. The summed E-state index contributed by atoms with van der Waals surface area (Å²) < 4.78 is 16.4. The maximum Gasteiger partial charge on any atom is 0.230 e. The SMILES string of the molecule is CC[C@H](C)NC(=O)CSc1nnc(-c2ccccc2F)n1C1CCCCC1. The average molecular weight is 391 g/mol. The average Bonchev–Trinajstić information content (AvgIpc) is 3.11. The number of rotatable bonds is 7. The Bertz CT molecular complexity index is 773. The molecule has 0 unspecified atom stereocenters. The molecule has 2 aromatic rings. The van der Waals surface area contributed by atoms with Gasteiger partial charge >= 0.3 is 0 Å². The van der Waals surface area contributed by atoms with Crippen LogP contribution in [-0.4, -0.2) is 32.5 Å². The van der Waals surface area contributed by atoms with Crippen LogP contribution in [0.1, 0.15) is 58.4 Å². The molecule has 5 nitrogen and oxygen atoms in total. The van der Waals surface area contributed by atoms with E-state index in [0.29, 0.717) is 16.5 Å². The molecular formula is C20H27FN4OS. The summed E-state index contributed by atoms with van der Waals surface area (Å²) >= 11 is 1.38. The molecule has 0 radical (unpaired) electrons. The number of carbonyl (C=O) groups is 1. The van der Waals surface area contributed by atoms with Gasteiger partial charge in [0, 0.05) is 12.1 Å². The second-order valence-corrected chi connectivity index (χ2v) is 8.06. The molecule has 1 aromatic carbocycles. The lowest BCUT2D eigenvalue weighted by Crippen LogP contribution is -2.33. The van der Waals surface area contributed by atoms with E-state index in [1.807, 2.05) is 19.9 Å². The Labute approximate surface area is 164 Å². The van der Waals surface area contributed by atoms with Crippen molar-refractivity contribution >= 4 is 17.7 Å². The number of hydrogen-bond acceptors (Lipinski definition) is 4. The van der Waals surface area contributed by atoms with Gasteiger partial charge in [-0.15, -0.1) is 10.2 Å². The monoisotopic (exact) mass is 390 g/mol. The molecule has 146 valence electrons. The smallest absolute Gasteiger partial charge is 0.230 e. The molecule has 1 aliphatic carbocycles. The molecule has 27 heavy (non-hydrogen) atoms. The molecular weight excluding hydrogens is 363 g/mol. The number of amides is 1. The van der Waals surface area contributed by atoms with Crippen molar-refractivity contribution in [3.8, 4) is 11.4 Å². The molecule has 1 aliphatic rings. The Balaban J connectivity index is 1.85. The molecule has 1 atom stereocenters. The highest BCUT2D eigenvalue weighted by atomic mass is 32.2. The fraction of sp³-hybridized carbons (Fsp3) is 0.550. The van der Waals surface area contributed by atoms with Crippen molar-refractivity contribution in [1.82, 2.24) is 20.1 Å². The van der Waals surface area contributed by atoms with E-state index in [4.69, 9.17) is 0 Å². The summed E-state index contributed by atoms with van der Waals surface area (Å²) in [5, 5.41) is 12.3. The molecule has 1 amide bonds. The topological polar surface area (TPSA) is 59.8 Å². The maximum absolute atomic E-state index is 14.4. The van der Waals surface area contributed by atoms with Crippen LogP contribution in [0, 0.1) is 5.82 Å². The second kappa shape index (κ2) is 9.35. The molecule has 0 saturated heterocycles. The lowest BCUT2D eigenvalue weighted by Gasteiger charge is -2.25. The summed E-state index contributed by atoms with van der Waals surface area (Å²) in [6.07, 6.45) is 6.49. The van der Waals surface area contributed by atoms with Gasteiger partial charge in [-0.1, -0.05) is 50.1 Å². The number of carbonyl (C=O) groups excluding carboxylic acids is 1. The van der Waals surface area contributed by atoms with Crippen LogP contribution in [0.2, 0.25) is 0 Å². The minimum absolute atomic E-state index is 0.0139. The maximum atomic E-state index is 14.4. The standard InChI is InChI=1S/C20H27FN4OS/c1-3-14(2)22-18(26)13-27-20-24-23-19(16-11-7-8-12-17(16)21)25(20)15-9-5-4-6-10-15/h7-8,11-12,14-15H,3-6,9-10,13H2,1-2H3,(H,22,26)/t14-/m0/s1. The molecule has 1 fully saturated rings. The predicted molar refractivity (Wildman–Crippen MR) is 106 cm³/mol. The van der Waals surface area contributed by atoms with E-state index >= 15 is 0 Å². The molecule has 7 heteroatoms. The fourth-order valence-corrected chi connectivity index (χ4v) is 4.24. The Morgan fingerprint density at radius 3 is 2.74 bits per heavy atom. The van der Waals surface area contributed by atoms with Crippen molar-refractivity contribution in [2.24, 2.45) is 0 Å². The van der Waals surface area contributed by atoms with Crippen LogP contribution >= 0.6 is 11.8 Å². The van der Waals surface area contributed by atoms with Crippen LogP contribution in [0.5, 0.6) is 0 Å². The lowest BCUT2D eigenvalue weighted by molar-refractivity contribution is -0.119. The highest BCUT2D eigenvalue weighted by Gasteiger charge is 2.25. The summed E-state index contributed by atoms with van der Waals surface area (Å²) in [5.74, 6) is 0.532. The number of thioether (sulfide) groups is 1. The molecule has 1 heterocycles. The molecule has 0 bridgehead atoms. The molecule has 1 saturated carbocycles. The van der Waals surface area contributed by atoms with Gasteiger partial charge in [0.05, 0.1) is 11.3 Å². The van der Waals surface area contributed by atoms with E-state index in [1.54, 1.807) is 12.1 Å². The third-order valence-corrected chi connectivity index (χ3v) is 6.01. The van der Waals surface area contributed by atoms with Crippen LogP contribution in [0.15, 0.2) is 29.4 Å². The van der Waals surface area contributed by atoms with Crippen LogP contribution in [0.3, 0.4) is 0 Å². The minimum atomic E-state index is -0.298. The first-order valence-corrected chi connectivity index (χ1v) is 10.7. The van der Waals surface area contributed by atoms with Gasteiger partial charge in [0.25, 0.3) is 0 Å². The highest BCUT2D eigenvalue weighted by Crippen LogP contribution is 2.36. The number of hydrogen-bond donors (Lipinski definition) is 1. The van der Waals surface area contributed by atoms with E-state index in [-0.39, 0.29) is 29.6 Å². The first-order chi connectivity index (χ1) is 13.1. The molecule has 0 spiro atoms. The quantitative estimate of drug-likeness (QED) is 0.702. The predicted octanol–water partition coefficient (Wildman–Crippen LogP) is 4.60. The van der Waals surface area contributed by atoms with E-state index in [0.717, 1.165) is 32.1 Å². The Morgan fingerprint density at radius 1 is 1.30 bits per heavy atom. The highest BCUT2D eigenvalue weighted by molar-refractivity contribution is 7.99. The molecule has 0 aliphatic heterocycles. The van der Waals surface area contributed by atoms with Gasteiger partial charge in [-0.2, -0.15) is 0 Å². The van der Waals surface area contributed by atoms with Gasteiger partial charge in [0.1, 0.15) is 5.82 Å². The van der Waals surface area contributed by atoms with Gasteiger partial charge < -0.3 is 5.32 Å². The van der Waals surface area contributed by atoms with Gasteiger partial charge in [0.15, 0.2) is 11.0 Å². The Morgan fingerprint density at radius 2 is 2.04 bits per heavy atom. The number of nitrogens with zero attached hydrogens (tertiary/aromatic N) is 3. The van der Waals surface area contributed by atoms with Gasteiger partial charge in [-0.05, 0) is 38.3 Å². The zero-order valence-corrected chi connectivity index (χ0v) is 16.8. The van der Waals surface area contributed by atoms with E-state index in [2.05, 4.69) is 20.1 Å². The van der Waals surface area contributed by atoms with Crippen molar-refractivity contribution in [2.75, 3.05) is 5.75 Å². The van der Waals surface area contributed by atoms with Crippen molar-refractivity contribution in [2.45, 2.75) is 69.6 Å². The Kier molecular flexibility index (Phi) is 6.88. The first kappa shape index (κ1) is 19.9. The van der Waals surface area contributed by atoms with Crippen LogP contribution < -0.4 is 5.32 Å². The normalized spacial score (nSPS) is 16.3. The number of nitrogens with one attached hydrogen (secondary N) is 1. The van der Waals surface area contributed by atoms with Crippen molar-refractivity contribution in [1.29, 1.82) is 0 Å². The number of benzene rings is 1.